The second-order valence-corrected chi connectivity index (χ2v) is 47.5. The normalized spacial score (nSPS) is 45.3. The van der Waals surface area contributed by atoms with Gasteiger partial charge in [0.15, 0.2) is 16.6 Å². The van der Waals surface area contributed by atoms with Gasteiger partial charge in [0.05, 0.1) is 18.3 Å². The summed E-state index contributed by atoms with van der Waals surface area (Å²) >= 11 is 0. The first-order chi connectivity index (χ1) is 42.4. The van der Waals surface area contributed by atoms with Gasteiger partial charge in [-0.3, -0.25) is 4.79 Å². The molecule has 23 atom stereocenters. The smallest absolute Gasteiger partial charge is 0.192 e. The van der Waals surface area contributed by atoms with Crippen LogP contribution in [0, 0.1) is 146 Å². The minimum Gasteiger partial charge on any atom is -0.414 e. The molecule has 1 saturated heterocycles. The minimum atomic E-state index is -1.71. The van der Waals surface area contributed by atoms with E-state index in [4.69, 9.17) is 26.4 Å². The van der Waals surface area contributed by atoms with Crippen LogP contribution in [-0.4, -0.2) is 64.3 Å². The second-order valence-electron chi connectivity index (χ2n) is 38.0. The lowest BCUT2D eigenvalue weighted by Crippen LogP contribution is -2.52. The molecule has 0 aromatic carbocycles. The van der Waals surface area contributed by atoms with Crippen LogP contribution in [0.1, 0.15) is 261 Å². The Bertz CT molecular complexity index is 2940. The molecule has 0 aromatic heterocycles. The highest BCUT2D eigenvalue weighted by Crippen LogP contribution is 2.71. The molecular weight excluding hydrogens is 1150 g/mol. The topological polar surface area (TPSA) is 85.4 Å². The number of hydrogen-bond donors (Lipinski definition) is 1. The Morgan fingerprint density at radius 1 is 0.582 bits per heavy atom. The lowest BCUT2D eigenvalue weighted by atomic mass is 9.47. The Morgan fingerprint density at radius 3 is 1.41 bits per heavy atom. The molecule has 12 aliphatic carbocycles. The summed E-state index contributed by atoms with van der Waals surface area (Å²) in [7, 11) is -3.41. The van der Waals surface area contributed by atoms with Crippen LogP contribution in [-0.2, 0) is 23.2 Å². The van der Waals surface area contributed by atoms with Gasteiger partial charge >= 0.3 is 0 Å². The first kappa shape index (κ1) is 71.3. The molecule has 9 saturated carbocycles. The van der Waals surface area contributed by atoms with Gasteiger partial charge in [0.1, 0.15) is 12.1 Å². The Hall–Kier alpha value is -2.49. The number of carbonyl (C=O) groups excluding carboxylic acids is 2. The van der Waals surface area contributed by atoms with E-state index < -0.39 is 16.6 Å². The maximum absolute atomic E-state index is 12.2. The number of hydrogen-bond acceptors (Lipinski definition) is 6. The van der Waals surface area contributed by atoms with Gasteiger partial charge in [0.25, 0.3) is 0 Å². The van der Waals surface area contributed by atoms with E-state index in [2.05, 4.69) is 165 Å². The Kier molecular flexibility index (Phi) is 20.2. The molecule has 10 fully saturated rings. The maximum atomic E-state index is 12.2. The number of allylic oxidation sites excluding steroid dienone is 3. The van der Waals surface area contributed by atoms with Gasteiger partial charge in [-0.1, -0.05) is 125 Å². The van der Waals surface area contributed by atoms with E-state index in [1.165, 1.54) is 135 Å². The monoisotopic (exact) mass is 1280 g/mol. The zero-order valence-electron chi connectivity index (χ0n) is 61.4. The van der Waals surface area contributed by atoms with Gasteiger partial charge in [-0.2, -0.15) is 0 Å². The number of aliphatic hydroxyl groups is 1. The molecule has 510 valence electrons. The number of epoxide rings is 1. The highest BCUT2D eigenvalue weighted by atomic mass is 28.4. The van der Waals surface area contributed by atoms with Crippen molar-refractivity contribution in [3.63, 3.8) is 0 Å². The molecule has 0 aromatic rings. The number of ether oxygens (including phenoxy) is 1. The summed E-state index contributed by atoms with van der Waals surface area (Å²) in [6.45, 7) is 46.5. The Morgan fingerprint density at radius 2 is 0.978 bits per heavy atom. The van der Waals surface area contributed by atoms with E-state index in [9.17, 15) is 14.7 Å². The molecule has 6 nitrogen and oxygen atoms in total. The highest BCUT2D eigenvalue weighted by molar-refractivity contribution is 6.74. The fraction of sp³-hybridized carbons (Fsp3) is 0.831. The predicted octanol–water partition coefficient (Wildman–Crippen LogP) is 20.8. The second kappa shape index (κ2) is 25.7. The fourth-order valence-electron chi connectivity index (χ4n) is 24.3. The molecule has 91 heavy (non-hydrogen) atoms. The van der Waals surface area contributed by atoms with Crippen molar-refractivity contribution in [3.05, 3.63) is 34.9 Å². The van der Waals surface area contributed by atoms with E-state index >= 15 is 0 Å². The number of carbonyl (C=O) groups is 2. The lowest BCUT2D eigenvalue weighted by Gasteiger charge is -2.58. The number of aliphatic hydroxyl groups excluding tert-OH is 1. The van der Waals surface area contributed by atoms with E-state index in [0.29, 0.717) is 61.9 Å². The van der Waals surface area contributed by atoms with Gasteiger partial charge in [-0.05, 0) is 325 Å². The number of fused-ring (bicyclic) bond motifs is 15. The van der Waals surface area contributed by atoms with Gasteiger partial charge in [-0.25, -0.2) is 0 Å². The number of terminal acetylenes is 2. The summed E-state index contributed by atoms with van der Waals surface area (Å²) < 4.78 is 19.8. The molecule has 14 unspecified atom stereocenters. The molecule has 8 heteroatoms. The quantitative estimate of drug-likeness (QED) is 0.0857. The Labute approximate surface area is 562 Å². The summed E-state index contributed by atoms with van der Waals surface area (Å²) in [5.41, 5.74) is 7.50. The molecule has 1 N–H and O–H groups in total. The fourth-order valence-corrected chi connectivity index (χ4v) is 27.1. The standard InChI is InChI=1S/2C28H48O2Si.C21H32O2.C6H2.2H2/c1-25(2,3)31(7,8)30-20-13-15-26(4)19(17-20)9-10-21-22-11-12-24(28(6)18-29-28)27(22,5)16-14-23(21)26;1-19(18-29)23-11-12-24-22-10-9-20-17-21(30-31(7,8)26(2,3)4)13-15-27(20,5)25(22)14-16-28(23,24)6;1-13(22)17-6-7-18-16-5-4-14-12-15(23)8-10-20(14,2)19(16)9-11-21(17,18)3;1-3-5-6-4-2;;/h9,20-24H,10-18H2,1-8H3;9,18-19,21-25H,10-17H2,1-8H3;4,15-19,23H,5-12H2,1-3H3;1-2H;2*1H/t20-,21?,22?,23?,24?,26-,27-,28?;19?,21-,22?,23?,24?,25?,27-,28+;15-,16?,17?,18?,19?,20-,21+;;;/m000.../s1. The SMILES string of the molecule is C#CC#CC#C.CC(=O)C1CCC2C3CC=C4C[C@@H](O)CC[C@]4(C)C3CC[C@]12C.CC(C=O)C1CCC2C3CC=C4C[C@@H](O[Si](C)(C)C(C)(C)C)CC[C@]4(C)C3CC[C@]12C.CC1(C2CCC3C4CC=C5C[C@@H](O[Si](C)(C)C(C)(C)C)CC[C@]5(C)C4CC[C@@]32C)CO1.[HH].[HH]. The van der Waals surface area contributed by atoms with Gasteiger partial charge < -0.3 is 23.5 Å². The van der Waals surface area contributed by atoms with Crippen molar-refractivity contribution in [1.82, 2.24) is 0 Å². The molecule has 0 radical (unpaired) electrons. The van der Waals surface area contributed by atoms with Crippen molar-refractivity contribution in [2.75, 3.05) is 6.61 Å². The zero-order chi connectivity index (χ0) is 66.5. The summed E-state index contributed by atoms with van der Waals surface area (Å²) in [6, 6.07) is 0. The number of aldehydes is 1. The molecule has 13 aliphatic rings. The maximum Gasteiger partial charge on any atom is 0.192 e. The molecule has 0 spiro atoms. The van der Waals surface area contributed by atoms with E-state index in [1.54, 1.807) is 16.7 Å². The summed E-state index contributed by atoms with van der Waals surface area (Å²) in [6.07, 6.45) is 49.4. The van der Waals surface area contributed by atoms with Crippen LogP contribution >= 0.6 is 0 Å². The van der Waals surface area contributed by atoms with Crippen LogP contribution in [0.25, 0.3) is 0 Å². The third-order valence-electron chi connectivity index (χ3n) is 31.7. The zero-order valence-corrected chi connectivity index (χ0v) is 63.4. The van der Waals surface area contributed by atoms with Crippen molar-refractivity contribution in [1.29, 1.82) is 0 Å². The van der Waals surface area contributed by atoms with Crippen LogP contribution in [0.3, 0.4) is 0 Å². The summed E-state index contributed by atoms with van der Waals surface area (Å²) in [5, 5.41) is 10.7. The van der Waals surface area contributed by atoms with Crippen LogP contribution in [0.2, 0.25) is 36.3 Å². The lowest BCUT2D eigenvalue weighted by molar-refractivity contribution is -0.127. The molecular formula is C83H134O6Si2. The van der Waals surface area contributed by atoms with Gasteiger partial charge in [0.2, 0.25) is 0 Å². The average Bonchev–Trinajstić information content (AvgIpc) is 1.70. The third kappa shape index (κ3) is 12.8. The first-order valence-electron chi connectivity index (χ1n) is 37.5. The van der Waals surface area contributed by atoms with Crippen LogP contribution in [0.4, 0.5) is 0 Å². The van der Waals surface area contributed by atoms with Crippen LogP contribution < -0.4 is 0 Å². The van der Waals surface area contributed by atoms with Crippen molar-refractivity contribution in [3.8, 4) is 36.5 Å². The molecule has 1 aliphatic heterocycles. The van der Waals surface area contributed by atoms with Crippen LogP contribution in [0.15, 0.2) is 34.9 Å². The number of Topliss-reactive ketones (excluding diaryl/α,β-unsaturated/α-hetero) is 1. The largest absolute Gasteiger partial charge is 0.414 e. The van der Waals surface area contributed by atoms with Crippen molar-refractivity contribution < 1.29 is 31.1 Å². The third-order valence-corrected chi connectivity index (χ3v) is 40.8. The molecule has 0 amide bonds. The van der Waals surface area contributed by atoms with E-state index in [0.717, 1.165) is 91.5 Å². The predicted molar refractivity (Wildman–Crippen MR) is 386 cm³/mol. The molecule has 0 bridgehead atoms. The van der Waals surface area contributed by atoms with Crippen molar-refractivity contribution >= 4 is 28.7 Å². The number of ketones is 1. The summed E-state index contributed by atoms with van der Waals surface area (Å²) in [4.78, 5) is 23.8. The Balaban J connectivity index is 0.000000171. The minimum absolute atomic E-state index is 0. The first-order valence-corrected chi connectivity index (χ1v) is 43.4. The van der Waals surface area contributed by atoms with E-state index in [1.807, 2.05) is 6.92 Å². The molecule has 1 heterocycles. The van der Waals surface area contributed by atoms with Crippen molar-refractivity contribution in [2.45, 2.75) is 318 Å². The van der Waals surface area contributed by atoms with Gasteiger partial charge in [-0.15, -0.1) is 12.8 Å². The van der Waals surface area contributed by atoms with E-state index in [-0.39, 0.29) is 30.9 Å². The highest BCUT2D eigenvalue weighted by Gasteiger charge is 2.66. The summed E-state index contributed by atoms with van der Waals surface area (Å²) in [5.74, 6) is 18.4. The van der Waals surface area contributed by atoms with Crippen molar-refractivity contribution in [2.24, 2.45) is 109 Å². The number of rotatable bonds is 8. The van der Waals surface area contributed by atoms with Gasteiger partial charge in [0, 0.05) is 26.9 Å². The average molecular weight is 1280 g/mol. The molecule has 13 rings (SSSR count). The van der Waals surface area contributed by atoms with Crippen LogP contribution in [0.5, 0.6) is 0 Å².